The fourth-order valence-electron chi connectivity index (χ4n) is 1.57. The van der Waals surface area contributed by atoms with E-state index in [-0.39, 0.29) is 3.71 Å². The number of carbonyl (C=O) groups is 1. The van der Waals surface area contributed by atoms with Crippen LogP contribution >= 0.6 is 0 Å². The van der Waals surface area contributed by atoms with Crippen LogP contribution in [0.1, 0.15) is 10.4 Å². The van der Waals surface area contributed by atoms with Gasteiger partial charge < -0.3 is 4.74 Å². The molecule has 0 unspecified atom stereocenters. The Balaban J connectivity index is 3.76. The van der Waals surface area contributed by atoms with Crippen molar-refractivity contribution in [3.8, 4) is 0 Å². The van der Waals surface area contributed by atoms with Crippen LogP contribution in [0.5, 0.6) is 0 Å². The standard InChI is InChI=1S/C10H11F2NO6S2/c1-19-10(14)8-6(11)4-5-7(9(8)12)13(20(2,15)16)21(3,17)18/h4-5H,1-3H3. The highest BCUT2D eigenvalue weighted by molar-refractivity contribution is 8.09. The maximum absolute atomic E-state index is 14.2. The Morgan fingerprint density at radius 2 is 1.57 bits per heavy atom. The molecule has 0 aromatic heterocycles. The first-order chi connectivity index (χ1) is 9.41. The van der Waals surface area contributed by atoms with E-state index in [1.807, 2.05) is 0 Å². The van der Waals surface area contributed by atoms with Crippen LogP contribution in [0.15, 0.2) is 12.1 Å². The van der Waals surface area contributed by atoms with Crippen molar-refractivity contribution < 1.29 is 35.1 Å². The van der Waals surface area contributed by atoms with E-state index in [0.717, 1.165) is 7.11 Å². The molecule has 1 aromatic carbocycles. The summed E-state index contributed by atoms with van der Waals surface area (Å²) in [5.74, 6) is -4.38. The molecular weight excluding hydrogens is 332 g/mol. The van der Waals surface area contributed by atoms with Gasteiger partial charge in [0, 0.05) is 0 Å². The number of rotatable bonds is 4. The molecule has 7 nitrogen and oxygen atoms in total. The van der Waals surface area contributed by atoms with Crippen molar-refractivity contribution >= 4 is 31.7 Å². The lowest BCUT2D eigenvalue weighted by molar-refractivity contribution is 0.0590. The molecule has 118 valence electrons. The van der Waals surface area contributed by atoms with Gasteiger partial charge in [-0.25, -0.2) is 30.4 Å². The molecule has 0 aliphatic carbocycles. The van der Waals surface area contributed by atoms with Crippen molar-refractivity contribution in [2.45, 2.75) is 0 Å². The van der Waals surface area contributed by atoms with Crippen molar-refractivity contribution in [3.63, 3.8) is 0 Å². The first-order valence-corrected chi connectivity index (χ1v) is 8.87. The van der Waals surface area contributed by atoms with Crippen LogP contribution < -0.4 is 3.71 Å². The molecule has 0 fully saturated rings. The number of hydrogen-bond donors (Lipinski definition) is 0. The molecule has 0 aliphatic heterocycles. The molecule has 1 aromatic rings. The van der Waals surface area contributed by atoms with Crippen molar-refractivity contribution in [1.82, 2.24) is 0 Å². The first-order valence-electron chi connectivity index (χ1n) is 5.18. The molecule has 0 saturated carbocycles. The third-order valence-electron chi connectivity index (χ3n) is 2.26. The third-order valence-corrected chi connectivity index (χ3v) is 5.48. The number of hydrogen-bond acceptors (Lipinski definition) is 6. The summed E-state index contributed by atoms with van der Waals surface area (Å²) in [5, 5.41) is 0. The fraction of sp³-hybridized carbons (Fsp3) is 0.300. The zero-order valence-corrected chi connectivity index (χ0v) is 12.8. The maximum Gasteiger partial charge on any atom is 0.343 e. The summed E-state index contributed by atoms with van der Waals surface area (Å²) in [6.07, 6.45) is 1.04. The molecular formula is C10H11F2NO6S2. The average molecular weight is 343 g/mol. The molecule has 0 aliphatic rings. The van der Waals surface area contributed by atoms with Gasteiger partial charge in [0.1, 0.15) is 17.1 Å². The molecule has 0 atom stereocenters. The van der Waals surface area contributed by atoms with Gasteiger partial charge in [0.15, 0.2) is 5.82 Å². The number of methoxy groups -OCH3 is 1. The highest BCUT2D eigenvalue weighted by atomic mass is 32.3. The Labute approximate surface area is 120 Å². The number of halogens is 2. The Morgan fingerprint density at radius 3 is 1.95 bits per heavy atom. The zero-order chi connectivity index (χ0) is 16.6. The van der Waals surface area contributed by atoms with Gasteiger partial charge in [-0.05, 0) is 12.1 Å². The second-order valence-corrected chi connectivity index (χ2v) is 7.86. The number of carbonyl (C=O) groups excluding carboxylic acids is 1. The van der Waals surface area contributed by atoms with E-state index in [1.54, 1.807) is 0 Å². The van der Waals surface area contributed by atoms with Crippen molar-refractivity contribution in [3.05, 3.63) is 29.3 Å². The summed E-state index contributed by atoms with van der Waals surface area (Å²) in [6, 6.07) is 1.16. The Bertz CT molecular complexity index is 756. The third kappa shape index (κ3) is 3.47. The number of benzene rings is 1. The van der Waals surface area contributed by atoms with E-state index in [4.69, 9.17) is 0 Å². The summed E-state index contributed by atoms with van der Waals surface area (Å²) >= 11 is 0. The SMILES string of the molecule is COC(=O)c1c(F)ccc(N(S(C)(=O)=O)S(C)(=O)=O)c1F. The highest BCUT2D eigenvalue weighted by Crippen LogP contribution is 2.28. The van der Waals surface area contributed by atoms with Crippen LogP contribution in [0.2, 0.25) is 0 Å². The zero-order valence-electron chi connectivity index (χ0n) is 11.1. The average Bonchev–Trinajstić information content (AvgIpc) is 2.29. The van der Waals surface area contributed by atoms with E-state index in [9.17, 15) is 30.4 Å². The molecule has 0 spiro atoms. The van der Waals surface area contributed by atoms with Crippen LogP contribution in [-0.4, -0.2) is 42.4 Å². The van der Waals surface area contributed by atoms with Crippen LogP contribution in [0.3, 0.4) is 0 Å². The lowest BCUT2D eigenvalue weighted by Gasteiger charge is -2.21. The van der Waals surface area contributed by atoms with Crippen molar-refractivity contribution in [2.75, 3.05) is 23.3 Å². The van der Waals surface area contributed by atoms with Crippen molar-refractivity contribution in [2.24, 2.45) is 0 Å². The normalized spacial score (nSPS) is 12.0. The van der Waals surface area contributed by atoms with Gasteiger partial charge in [-0.3, -0.25) is 0 Å². The van der Waals surface area contributed by atoms with Crippen molar-refractivity contribution in [1.29, 1.82) is 0 Å². The van der Waals surface area contributed by atoms with Gasteiger partial charge in [0.05, 0.1) is 19.6 Å². The molecule has 0 heterocycles. The highest BCUT2D eigenvalue weighted by Gasteiger charge is 2.33. The number of sulfonamides is 2. The lowest BCUT2D eigenvalue weighted by Crippen LogP contribution is -2.36. The topological polar surface area (TPSA) is 97.8 Å². The Kier molecular flexibility index (Phi) is 4.58. The predicted molar refractivity (Wildman–Crippen MR) is 69.9 cm³/mol. The van der Waals surface area contributed by atoms with Gasteiger partial charge in [-0.1, -0.05) is 0 Å². The maximum atomic E-state index is 14.2. The predicted octanol–water partition coefficient (Wildman–Crippen LogP) is 0.477. The summed E-state index contributed by atoms with van der Waals surface area (Å²) in [6.45, 7) is 0. The van der Waals surface area contributed by atoms with E-state index >= 15 is 0 Å². The second-order valence-electron chi connectivity index (χ2n) is 3.97. The van der Waals surface area contributed by atoms with Gasteiger partial charge in [-0.2, -0.15) is 3.71 Å². The van der Waals surface area contributed by atoms with Gasteiger partial charge in [0.25, 0.3) is 0 Å². The fourth-order valence-corrected chi connectivity index (χ4v) is 4.54. The minimum atomic E-state index is -4.43. The van der Waals surface area contributed by atoms with Crippen LogP contribution in [0.4, 0.5) is 14.5 Å². The first kappa shape index (κ1) is 17.3. The molecule has 0 N–H and O–H groups in total. The summed E-state index contributed by atoms with van der Waals surface area (Å²) in [7, 11) is -8.00. The van der Waals surface area contributed by atoms with Crippen LogP contribution in [0, 0.1) is 11.6 Å². The van der Waals surface area contributed by atoms with Gasteiger partial charge >= 0.3 is 5.97 Å². The largest absolute Gasteiger partial charge is 0.465 e. The molecule has 0 amide bonds. The van der Waals surface area contributed by atoms with Gasteiger partial charge in [-0.15, -0.1) is 0 Å². The monoisotopic (exact) mass is 343 g/mol. The van der Waals surface area contributed by atoms with E-state index in [1.165, 1.54) is 0 Å². The number of nitrogens with zero attached hydrogens (tertiary/aromatic N) is 1. The quantitative estimate of drug-likeness (QED) is 0.738. The molecule has 11 heteroatoms. The lowest BCUT2D eigenvalue weighted by atomic mass is 10.2. The van der Waals surface area contributed by atoms with E-state index < -0.39 is 48.9 Å². The smallest absolute Gasteiger partial charge is 0.343 e. The number of esters is 1. The number of ether oxygens (including phenoxy) is 1. The minimum Gasteiger partial charge on any atom is -0.465 e. The molecule has 0 bridgehead atoms. The Morgan fingerprint density at radius 1 is 1.10 bits per heavy atom. The van der Waals surface area contributed by atoms with Gasteiger partial charge in [0.2, 0.25) is 20.0 Å². The summed E-state index contributed by atoms with van der Waals surface area (Å²) in [5.41, 5.74) is -2.19. The number of anilines is 1. The molecule has 0 radical (unpaired) electrons. The molecule has 21 heavy (non-hydrogen) atoms. The summed E-state index contributed by atoms with van der Waals surface area (Å²) < 4.78 is 77.7. The Hall–Kier alpha value is -1.75. The summed E-state index contributed by atoms with van der Waals surface area (Å²) in [4.78, 5) is 11.3. The molecule has 0 saturated heterocycles. The van der Waals surface area contributed by atoms with E-state index in [0.29, 0.717) is 24.6 Å². The van der Waals surface area contributed by atoms with Crippen LogP contribution in [-0.2, 0) is 24.8 Å². The van der Waals surface area contributed by atoms with Crippen LogP contribution in [0.25, 0.3) is 0 Å². The molecule has 1 rings (SSSR count). The van der Waals surface area contributed by atoms with E-state index in [2.05, 4.69) is 4.74 Å². The second kappa shape index (κ2) is 5.56. The minimum absolute atomic E-state index is 0.235.